The van der Waals surface area contributed by atoms with E-state index in [2.05, 4.69) is 29.0 Å². The summed E-state index contributed by atoms with van der Waals surface area (Å²) in [7, 11) is 0. The third-order valence-electron chi connectivity index (χ3n) is 3.11. The zero-order valence-corrected chi connectivity index (χ0v) is 10.7. The fourth-order valence-corrected chi connectivity index (χ4v) is 2.22. The van der Waals surface area contributed by atoms with Gasteiger partial charge in [-0.2, -0.15) is 0 Å². The zero-order chi connectivity index (χ0) is 12.5. The van der Waals surface area contributed by atoms with Crippen molar-refractivity contribution in [3.05, 3.63) is 22.7 Å². The standard InChI is InChI=1S/C12H20N4O/c1-4-15-7-5-13-10(11(15)17)16-8-6-14-12(2,3)9-16/h5,7,14H,4,6,8-9H2,1-3H3. The van der Waals surface area contributed by atoms with Crippen LogP contribution in [0.5, 0.6) is 0 Å². The fraction of sp³-hybridized carbons (Fsp3) is 0.667. The molecular weight excluding hydrogens is 216 g/mol. The van der Waals surface area contributed by atoms with E-state index in [4.69, 9.17) is 0 Å². The molecule has 17 heavy (non-hydrogen) atoms. The van der Waals surface area contributed by atoms with E-state index >= 15 is 0 Å². The number of hydrogen-bond donors (Lipinski definition) is 1. The predicted molar refractivity (Wildman–Crippen MR) is 68.5 cm³/mol. The van der Waals surface area contributed by atoms with Crippen molar-refractivity contribution in [2.24, 2.45) is 0 Å². The number of aryl methyl sites for hydroxylation is 1. The second kappa shape index (κ2) is 4.49. The summed E-state index contributed by atoms with van der Waals surface area (Å²) < 4.78 is 1.69. The van der Waals surface area contributed by atoms with Gasteiger partial charge in [-0.3, -0.25) is 4.79 Å². The zero-order valence-electron chi connectivity index (χ0n) is 10.7. The molecule has 2 rings (SSSR count). The molecule has 0 radical (unpaired) electrons. The highest BCUT2D eigenvalue weighted by Crippen LogP contribution is 2.14. The van der Waals surface area contributed by atoms with Crippen LogP contribution in [0.2, 0.25) is 0 Å². The fourth-order valence-electron chi connectivity index (χ4n) is 2.22. The van der Waals surface area contributed by atoms with Gasteiger partial charge in [0.05, 0.1) is 0 Å². The summed E-state index contributed by atoms with van der Waals surface area (Å²) in [6.45, 7) is 9.45. The third-order valence-corrected chi connectivity index (χ3v) is 3.11. The minimum absolute atomic E-state index is 0.00713. The number of hydrogen-bond acceptors (Lipinski definition) is 4. The first-order valence-corrected chi connectivity index (χ1v) is 6.09. The van der Waals surface area contributed by atoms with Gasteiger partial charge in [-0.1, -0.05) is 0 Å². The van der Waals surface area contributed by atoms with E-state index in [1.165, 1.54) is 0 Å². The molecule has 0 atom stereocenters. The summed E-state index contributed by atoms with van der Waals surface area (Å²) in [6, 6.07) is 0. The Morgan fingerprint density at radius 1 is 1.53 bits per heavy atom. The Labute approximate surface area is 101 Å². The molecule has 1 aromatic rings. The number of nitrogens with one attached hydrogen (secondary N) is 1. The van der Waals surface area contributed by atoms with E-state index in [9.17, 15) is 4.79 Å². The van der Waals surface area contributed by atoms with Crippen LogP contribution in [0.15, 0.2) is 17.2 Å². The van der Waals surface area contributed by atoms with Crippen molar-refractivity contribution in [1.82, 2.24) is 14.9 Å². The lowest BCUT2D eigenvalue weighted by molar-refractivity contribution is 0.351. The van der Waals surface area contributed by atoms with Gasteiger partial charge in [-0.05, 0) is 20.8 Å². The van der Waals surface area contributed by atoms with Crippen molar-refractivity contribution >= 4 is 5.82 Å². The van der Waals surface area contributed by atoms with Crippen LogP contribution in [0.1, 0.15) is 20.8 Å². The summed E-state index contributed by atoms with van der Waals surface area (Å²) in [6.07, 6.45) is 3.44. The van der Waals surface area contributed by atoms with Gasteiger partial charge in [-0.25, -0.2) is 4.98 Å². The molecule has 0 aromatic carbocycles. The number of aromatic nitrogens is 2. The van der Waals surface area contributed by atoms with Gasteiger partial charge >= 0.3 is 0 Å². The van der Waals surface area contributed by atoms with Gasteiger partial charge in [0.2, 0.25) is 0 Å². The normalized spacial score (nSPS) is 19.4. The first-order chi connectivity index (χ1) is 8.03. The van der Waals surface area contributed by atoms with Gasteiger partial charge in [0.1, 0.15) is 0 Å². The molecule has 1 fully saturated rings. The second-order valence-corrected chi connectivity index (χ2v) is 5.07. The molecule has 2 heterocycles. The molecule has 0 unspecified atom stereocenters. The Kier molecular flexibility index (Phi) is 3.19. The van der Waals surface area contributed by atoms with E-state index in [-0.39, 0.29) is 11.1 Å². The van der Waals surface area contributed by atoms with Crippen molar-refractivity contribution in [2.45, 2.75) is 32.9 Å². The van der Waals surface area contributed by atoms with Crippen LogP contribution in [0.25, 0.3) is 0 Å². The molecule has 0 saturated carbocycles. The van der Waals surface area contributed by atoms with E-state index < -0.39 is 0 Å². The van der Waals surface area contributed by atoms with Crippen LogP contribution in [0, 0.1) is 0 Å². The van der Waals surface area contributed by atoms with Crippen LogP contribution in [0.4, 0.5) is 5.82 Å². The first-order valence-electron chi connectivity index (χ1n) is 6.09. The highest BCUT2D eigenvalue weighted by atomic mass is 16.1. The lowest BCUT2D eigenvalue weighted by atomic mass is 10.0. The van der Waals surface area contributed by atoms with Crippen molar-refractivity contribution in [2.75, 3.05) is 24.5 Å². The maximum absolute atomic E-state index is 12.1. The SMILES string of the molecule is CCn1ccnc(N2CCNC(C)(C)C2)c1=O. The third kappa shape index (κ3) is 2.49. The van der Waals surface area contributed by atoms with E-state index in [0.29, 0.717) is 12.4 Å². The Bertz CT molecular complexity index is 452. The summed E-state index contributed by atoms with van der Waals surface area (Å²) in [4.78, 5) is 18.5. The van der Waals surface area contributed by atoms with Crippen LogP contribution in [0.3, 0.4) is 0 Å². The molecule has 0 aliphatic carbocycles. The van der Waals surface area contributed by atoms with Crippen molar-refractivity contribution in [3.8, 4) is 0 Å². The average molecular weight is 236 g/mol. The van der Waals surface area contributed by atoms with E-state index in [1.807, 2.05) is 6.92 Å². The minimum Gasteiger partial charge on any atom is -0.349 e. The summed E-state index contributed by atoms with van der Waals surface area (Å²) in [5, 5.41) is 3.43. The van der Waals surface area contributed by atoms with Gasteiger partial charge in [0.15, 0.2) is 5.82 Å². The van der Waals surface area contributed by atoms with Crippen LogP contribution >= 0.6 is 0 Å². The van der Waals surface area contributed by atoms with Crippen molar-refractivity contribution in [1.29, 1.82) is 0 Å². The van der Waals surface area contributed by atoms with Gasteiger partial charge in [-0.15, -0.1) is 0 Å². The summed E-state index contributed by atoms with van der Waals surface area (Å²) in [5.74, 6) is 0.573. The Morgan fingerprint density at radius 3 is 2.94 bits per heavy atom. The molecule has 94 valence electrons. The number of piperazine rings is 1. The van der Waals surface area contributed by atoms with E-state index in [1.54, 1.807) is 17.0 Å². The molecule has 5 heteroatoms. The van der Waals surface area contributed by atoms with Crippen LogP contribution < -0.4 is 15.8 Å². The van der Waals surface area contributed by atoms with Crippen molar-refractivity contribution < 1.29 is 0 Å². The van der Waals surface area contributed by atoms with Gasteiger partial charge < -0.3 is 14.8 Å². The summed E-state index contributed by atoms with van der Waals surface area (Å²) >= 11 is 0. The van der Waals surface area contributed by atoms with E-state index in [0.717, 1.165) is 19.6 Å². The number of rotatable bonds is 2. The average Bonchev–Trinajstić information content (AvgIpc) is 2.28. The lowest BCUT2D eigenvalue weighted by Crippen LogP contribution is -2.58. The minimum atomic E-state index is 0.00713. The second-order valence-electron chi connectivity index (χ2n) is 5.07. The molecule has 0 spiro atoms. The quantitative estimate of drug-likeness (QED) is 0.810. The molecule has 0 bridgehead atoms. The Morgan fingerprint density at radius 2 is 2.29 bits per heavy atom. The molecule has 1 aromatic heterocycles. The molecule has 1 aliphatic heterocycles. The highest BCUT2D eigenvalue weighted by molar-refractivity contribution is 5.37. The summed E-state index contributed by atoms with van der Waals surface area (Å²) in [5.41, 5.74) is 0.0342. The predicted octanol–water partition coefficient (Wildman–Crippen LogP) is 0.451. The van der Waals surface area contributed by atoms with Gasteiger partial charge in [0, 0.05) is 44.1 Å². The molecule has 1 N–H and O–H groups in total. The topological polar surface area (TPSA) is 50.2 Å². The Hall–Kier alpha value is -1.36. The maximum atomic E-state index is 12.1. The molecule has 1 saturated heterocycles. The maximum Gasteiger partial charge on any atom is 0.293 e. The highest BCUT2D eigenvalue weighted by Gasteiger charge is 2.27. The first kappa shape index (κ1) is 12.1. The number of anilines is 1. The molecule has 1 aliphatic rings. The van der Waals surface area contributed by atoms with Gasteiger partial charge in [0.25, 0.3) is 5.56 Å². The molecule has 0 amide bonds. The smallest absolute Gasteiger partial charge is 0.293 e. The largest absolute Gasteiger partial charge is 0.349 e. The number of nitrogens with zero attached hydrogens (tertiary/aromatic N) is 3. The lowest BCUT2D eigenvalue weighted by Gasteiger charge is -2.39. The van der Waals surface area contributed by atoms with Crippen LogP contribution in [-0.4, -0.2) is 34.7 Å². The van der Waals surface area contributed by atoms with Crippen molar-refractivity contribution in [3.63, 3.8) is 0 Å². The Balaban J connectivity index is 2.31. The van der Waals surface area contributed by atoms with Crippen LogP contribution in [-0.2, 0) is 6.54 Å². The monoisotopic (exact) mass is 236 g/mol. The molecular formula is C12H20N4O. The molecule has 5 nitrogen and oxygen atoms in total.